The summed E-state index contributed by atoms with van der Waals surface area (Å²) in [4.78, 5) is 16.1. The molecule has 0 bridgehead atoms. The number of hydrogen-bond acceptors (Lipinski definition) is 4. The van der Waals surface area contributed by atoms with Gasteiger partial charge in [0.15, 0.2) is 0 Å². The first kappa shape index (κ1) is 16.8. The summed E-state index contributed by atoms with van der Waals surface area (Å²) in [6.07, 6.45) is 0.493. The smallest absolute Gasteiger partial charge is 0.295 e. The van der Waals surface area contributed by atoms with E-state index < -0.39 is 12.0 Å². The van der Waals surface area contributed by atoms with Gasteiger partial charge in [0, 0.05) is 5.69 Å². The van der Waals surface area contributed by atoms with Crippen molar-refractivity contribution in [2.24, 2.45) is 0 Å². The second-order valence-corrected chi connectivity index (χ2v) is 5.68. The minimum absolute atomic E-state index is 0.00723. The fraction of sp³-hybridized carbons (Fsp3) is 0.167. The fourth-order valence-electron chi connectivity index (χ4n) is 2.36. The quantitative estimate of drug-likeness (QED) is 0.748. The number of aromatic nitrogens is 3. The second-order valence-electron chi connectivity index (χ2n) is 5.68. The molecule has 0 radical (unpaired) electrons. The molecule has 0 spiro atoms. The molecule has 1 atom stereocenters. The molecule has 25 heavy (non-hydrogen) atoms. The lowest BCUT2D eigenvalue weighted by Gasteiger charge is -2.10. The van der Waals surface area contributed by atoms with Crippen LogP contribution in [0.4, 0.5) is 10.1 Å². The Morgan fingerprint density at radius 3 is 2.76 bits per heavy atom. The third kappa shape index (κ3) is 4.27. The molecule has 1 heterocycles. The zero-order valence-corrected chi connectivity index (χ0v) is 13.6. The Kier molecular flexibility index (Phi) is 4.85. The number of hydrogen-bond donors (Lipinski definition) is 2. The molecule has 1 aromatic heterocycles. The highest BCUT2D eigenvalue weighted by molar-refractivity contribution is 6.01. The number of anilines is 1. The van der Waals surface area contributed by atoms with Crippen molar-refractivity contribution < 1.29 is 14.3 Å². The predicted molar refractivity (Wildman–Crippen MR) is 90.5 cm³/mol. The Morgan fingerprint density at radius 2 is 2.04 bits per heavy atom. The van der Waals surface area contributed by atoms with Crippen molar-refractivity contribution in [3.63, 3.8) is 0 Å². The lowest BCUT2D eigenvalue weighted by Crippen LogP contribution is -2.15. The van der Waals surface area contributed by atoms with Gasteiger partial charge in [-0.2, -0.15) is 0 Å². The van der Waals surface area contributed by atoms with Gasteiger partial charge in [0.1, 0.15) is 12.1 Å². The molecule has 2 N–H and O–H groups in total. The van der Waals surface area contributed by atoms with Crippen molar-refractivity contribution in [1.29, 1.82) is 0 Å². The van der Waals surface area contributed by atoms with Gasteiger partial charge in [0.2, 0.25) is 5.82 Å². The molecule has 3 rings (SSSR count). The maximum absolute atomic E-state index is 12.9. The van der Waals surface area contributed by atoms with Crippen LogP contribution in [0.25, 0.3) is 0 Å². The van der Waals surface area contributed by atoms with E-state index in [4.69, 9.17) is 0 Å². The normalized spacial score (nSPS) is 12.0. The molecule has 3 aromatic rings. The van der Waals surface area contributed by atoms with Gasteiger partial charge in [-0.05, 0) is 42.3 Å². The summed E-state index contributed by atoms with van der Waals surface area (Å²) < 4.78 is 14.3. The minimum atomic E-state index is -0.880. The second kappa shape index (κ2) is 7.23. The third-order valence-corrected chi connectivity index (χ3v) is 3.63. The zero-order valence-electron chi connectivity index (χ0n) is 13.6. The van der Waals surface area contributed by atoms with Gasteiger partial charge in [0.25, 0.3) is 5.91 Å². The third-order valence-electron chi connectivity index (χ3n) is 3.63. The number of halogens is 1. The number of amides is 1. The molecular weight excluding hydrogens is 323 g/mol. The van der Waals surface area contributed by atoms with Crippen LogP contribution in [-0.4, -0.2) is 25.8 Å². The van der Waals surface area contributed by atoms with Crippen LogP contribution in [-0.2, 0) is 6.54 Å². The van der Waals surface area contributed by atoms with E-state index in [1.807, 2.05) is 25.1 Å². The molecular formula is C18H17FN4O2. The van der Waals surface area contributed by atoms with E-state index in [-0.39, 0.29) is 18.2 Å². The SMILES string of the molecule is Cc1cccc(NC(=O)c2ncn(CC(O)c3ccc(F)cc3)n2)c1. The molecule has 2 aromatic carbocycles. The van der Waals surface area contributed by atoms with E-state index in [0.717, 1.165) is 5.56 Å². The van der Waals surface area contributed by atoms with Crippen LogP contribution >= 0.6 is 0 Å². The van der Waals surface area contributed by atoms with E-state index in [0.29, 0.717) is 11.3 Å². The van der Waals surface area contributed by atoms with E-state index in [9.17, 15) is 14.3 Å². The molecule has 6 nitrogen and oxygen atoms in total. The number of nitrogens with zero attached hydrogens (tertiary/aromatic N) is 3. The first-order valence-electron chi connectivity index (χ1n) is 7.72. The van der Waals surface area contributed by atoms with Crippen molar-refractivity contribution >= 4 is 11.6 Å². The average molecular weight is 340 g/mol. The standard InChI is InChI=1S/C18H17FN4O2/c1-12-3-2-4-15(9-12)21-18(25)17-20-11-23(22-17)10-16(24)13-5-7-14(19)8-6-13/h2-9,11,16,24H,10H2,1H3,(H,21,25). The van der Waals surface area contributed by atoms with Gasteiger partial charge >= 0.3 is 0 Å². The highest BCUT2D eigenvalue weighted by Gasteiger charge is 2.14. The number of benzene rings is 2. The van der Waals surface area contributed by atoms with Crippen molar-refractivity contribution in [3.05, 3.63) is 77.6 Å². The fourth-order valence-corrected chi connectivity index (χ4v) is 2.36. The summed E-state index contributed by atoms with van der Waals surface area (Å²) in [5.74, 6) is -0.791. The van der Waals surface area contributed by atoms with Gasteiger partial charge in [-0.1, -0.05) is 24.3 Å². The monoisotopic (exact) mass is 340 g/mol. The van der Waals surface area contributed by atoms with Gasteiger partial charge < -0.3 is 10.4 Å². The Morgan fingerprint density at radius 1 is 1.28 bits per heavy atom. The Balaban J connectivity index is 1.65. The molecule has 0 aliphatic carbocycles. The van der Waals surface area contributed by atoms with Crippen LogP contribution in [0.2, 0.25) is 0 Å². The number of aliphatic hydroxyl groups is 1. The van der Waals surface area contributed by atoms with Crippen LogP contribution in [0.1, 0.15) is 27.8 Å². The Labute approximate surface area is 144 Å². The van der Waals surface area contributed by atoms with Crippen molar-refractivity contribution in [2.75, 3.05) is 5.32 Å². The van der Waals surface area contributed by atoms with Crippen molar-refractivity contribution in [1.82, 2.24) is 14.8 Å². The number of aliphatic hydroxyl groups excluding tert-OH is 1. The summed E-state index contributed by atoms with van der Waals surface area (Å²) in [5.41, 5.74) is 2.24. The topological polar surface area (TPSA) is 80.0 Å². The number of rotatable bonds is 5. The molecule has 128 valence electrons. The summed E-state index contributed by atoms with van der Waals surface area (Å²) in [7, 11) is 0. The summed E-state index contributed by atoms with van der Waals surface area (Å²) in [5, 5.41) is 17.0. The number of carbonyl (C=O) groups is 1. The first-order chi connectivity index (χ1) is 12.0. The molecule has 0 saturated carbocycles. The number of carbonyl (C=O) groups excluding carboxylic acids is 1. The summed E-state index contributed by atoms with van der Waals surface area (Å²) >= 11 is 0. The molecule has 0 aliphatic rings. The van der Waals surface area contributed by atoms with E-state index in [1.54, 1.807) is 6.07 Å². The van der Waals surface area contributed by atoms with Crippen LogP contribution in [0.5, 0.6) is 0 Å². The zero-order chi connectivity index (χ0) is 17.8. The van der Waals surface area contributed by atoms with Gasteiger partial charge in [-0.15, -0.1) is 5.10 Å². The highest BCUT2D eigenvalue weighted by Crippen LogP contribution is 2.15. The lowest BCUT2D eigenvalue weighted by atomic mass is 10.1. The van der Waals surface area contributed by atoms with E-state index in [1.165, 1.54) is 35.3 Å². The van der Waals surface area contributed by atoms with Gasteiger partial charge in [-0.25, -0.2) is 14.1 Å². The molecule has 0 aliphatic heterocycles. The Hall–Kier alpha value is -3.06. The summed E-state index contributed by atoms with van der Waals surface area (Å²) in [6, 6.07) is 13.0. The first-order valence-corrected chi connectivity index (χ1v) is 7.72. The minimum Gasteiger partial charge on any atom is -0.386 e. The average Bonchev–Trinajstić information content (AvgIpc) is 3.04. The van der Waals surface area contributed by atoms with Crippen LogP contribution in [0.3, 0.4) is 0 Å². The van der Waals surface area contributed by atoms with E-state index >= 15 is 0 Å². The van der Waals surface area contributed by atoms with Gasteiger partial charge in [0.05, 0.1) is 12.6 Å². The van der Waals surface area contributed by atoms with Gasteiger partial charge in [-0.3, -0.25) is 4.79 Å². The summed E-state index contributed by atoms with van der Waals surface area (Å²) in [6.45, 7) is 2.04. The van der Waals surface area contributed by atoms with Crippen molar-refractivity contribution in [3.8, 4) is 0 Å². The highest BCUT2D eigenvalue weighted by atomic mass is 19.1. The molecule has 0 saturated heterocycles. The van der Waals surface area contributed by atoms with Crippen molar-refractivity contribution in [2.45, 2.75) is 19.6 Å². The Bertz CT molecular complexity index is 877. The molecule has 0 fully saturated rings. The van der Waals surface area contributed by atoms with Crippen LogP contribution < -0.4 is 5.32 Å². The van der Waals surface area contributed by atoms with E-state index in [2.05, 4.69) is 15.4 Å². The largest absolute Gasteiger partial charge is 0.386 e. The molecule has 7 heteroatoms. The lowest BCUT2D eigenvalue weighted by molar-refractivity contribution is 0.101. The molecule has 1 unspecified atom stereocenters. The maximum Gasteiger partial charge on any atom is 0.295 e. The predicted octanol–water partition coefficient (Wildman–Crippen LogP) is 2.71. The molecule has 1 amide bonds. The van der Waals surface area contributed by atoms with Crippen LogP contribution in [0, 0.1) is 12.7 Å². The number of nitrogens with one attached hydrogen (secondary N) is 1. The maximum atomic E-state index is 12.9. The number of aryl methyl sites for hydroxylation is 1. The van der Waals surface area contributed by atoms with Crippen LogP contribution in [0.15, 0.2) is 54.9 Å².